The molecular weight excluding hydrogens is 554 g/mol. The first-order valence-electron chi connectivity index (χ1n) is 14.0. The lowest BCUT2D eigenvalue weighted by atomic mass is 10.1. The molecule has 2 unspecified atom stereocenters. The largest absolute Gasteiger partial charge is 0.481 e. The topological polar surface area (TPSA) is 150 Å². The van der Waals surface area contributed by atoms with E-state index in [0.29, 0.717) is 18.8 Å². The first-order chi connectivity index (χ1) is 20.9. The van der Waals surface area contributed by atoms with Gasteiger partial charge in [-0.05, 0) is 29.7 Å². The summed E-state index contributed by atoms with van der Waals surface area (Å²) in [5.41, 5.74) is 4.10. The smallest absolute Gasteiger partial charge is 0.410 e. The van der Waals surface area contributed by atoms with Gasteiger partial charge in [0.15, 0.2) is 0 Å². The van der Waals surface area contributed by atoms with Gasteiger partial charge in [-0.3, -0.25) is 24.8 Å². The van der Waals surface area contributed by atoms with E-state index >= 15 is 0 Å². The molecule has 2 atom stereocenters. The van der Waals surface area contributed by atoms with Crippen LogP contribution < -0.4 is 10.7 Å². The molecular formula is C31H35N5O7. The zero-order valence-corrected chi connectivity index (χ0v) is 23.6. The molecule has 0 bridgehead atoms. The van der Waals surface area contributed by atoms with Crippen LogP contribution in [0.5, 0.6) is 0 Å². The maximum atomic E-state index is 13.1. The number of carboxylic acids is 1. The highest BCUT2D eigenvalue weighted by Gasteiger charge is 2.37. The number of hydrogen-bond donors (Lipinski definition) is 3. The molecule has 1 aliphatic rings. The standard InChI is InChI=1S/C31H35N5O7/c37-28(17-23-9-3-1-4-10-23)34-36(16-14-30(39)40)29(38)22-42-26-18-25(19-33-27-13-7-8-15-32-27)35(20-26)31(41)43-21-24-11-5-2-6-12-24/h1-13,15,25-26H,14,16-22H2,(H,32,33)(H,34,37)(H,39,40). The van der Waals surface area contributed by atoms with Gasteiger partial charge in [-0.2, -0.15) is 0 Å². The Morgan fingerprint density at radius 1 is 0.953 bits per heavy atom. The molecule has 2 aromatic carbocycles. The number of pyridine rings is 1. The molecule has 2 heterocycles. The molecule has 12 nitrogen and oxygen atoms in total. The van der Waals surface area contributed by atoms with Gasteiger partial charge in [-0.25, -0.2) is 9.78 Å². The Labute approximate surface area is 249 Å². The summed E-state index contributed by atoms with van der Waals surface area (Å²) < 4.78 is 11.5. The Kier molecular flexibility index (Phi) is 11.4. The van der Waals surface area contributed by atoms with Crippen LogP contribution in [0.3, 0.4) is 0 Å². The number of benzene rings is 2. The average Bonchev–Trinajstić information content (AvgIpc) is 3.44. The van der Waals surface area contributed by atoms with Crippen molar-refractivity contribution in [2.75, 3.05) is 31.6 Å². The molecule has 0 radical (unpaired) electrons. The number of anilines is 1. The fourth-order valence-electron chi connectivity index (χ4n) is 4.59. The van der Waals surface area contributed by atoms with Crippen LogP contribution in [0.2, 0.25) is 0 Å². The van der Waals surface area contributed by atoms with Gasteiger partial charge in [-0.15, -0.1) is 0 Å². The van der Waals surface area contributed by atoms with E-state index in [1.807, 2.05) is 48.5 Å². The van der Waals surface area contributed by atoms with Crippen molar-refractivity contribution in [3.05, 3.63) is 96.2 Å². The molecule has 0 saturated carbocycles. The van der Waals surface area contributed by atoms with E-state index in [4.69, 9.17) is 14.6 Å². The molecule has 1 saturated heterocycles. The van der Waals surface area contributed by atoms with Gasteiger partial charge in [0.2, 0.25) is 5.91 Å². The Morgan fingerprint density at radius 3 is 2.33 bits per heavy atom. The molecule has 226 valence electrons. The van der Waals surface area contributed by atoms with Gasteiger partial charge in [-0.1, -0.05) is 66.7 Å². The van der Waals surface area contributed by atoms with E-state index in [-0.39, 0.29) is 38.6 Å². The molecule has 43 heavy (non-hydrogen) atoms. The minimum Gasteiger partial charge on any atom is -0.481 e. The second-order valence-electron chi connectivity index (χ2n) is 10.00. The van der Waals surface area contributed by atoms with Crippen molar-refractivity contribution < 1.29 is 33.8 Å². The van der Waals surface area contributed by atoms with Crippen molar-refractivity contribution in [1.82, 2.24) is 20.3 Å². The minimum atomic E-state index is -1.11. The van der Waals surface area contributed by atoms with Crippen molar-refractivity contribution in [3.8, 4) is 0 Å². The summed E-state index contributed by atoms with van der Waals surface area (Å²) in [7, 11) is 0. The summed E-state index contributed by atoms with van der Waals surface area (Å²) in [6.45, 7) is 0.0404. The molecule has 1 fully saturated rings. The monoisotopic (exact) mass is 589 g/mol. The van der Waals surface area contributed by atoms with Gasteiger partial charge in [0.25, 0.3) is 5.91 Å². The molecule has 3 N–H and O–H groups in total. The van der Waals surface area contributed by atoms with Crippen molar-refractivity contribution in [2.24, 2.45) is 0 Å². The number of amides is 3. The van der Waals surface area contributed by atoms with Crippen LogP contribution in [-0.4, -0.2) is 82.3 Å². The number of nitrogens with one attached hydrogen (secondary N) is 2. The summed E-state index contributed by atoms with van der Waals surface area (Å²) >= 11 is 0. The van der Waals surface area contributed by atoms with Crippen molar-refractivity contribution in [2.45, 2.75) is 38.0 Å². The summed E-state index contributed by atoms with van der Waals surface area (Å²) in [5, 5.41) is 13.3. The van der Waals surface area contributed by atoms with Gasteiger partial charge < -0.3 is 24.8 Å². The third-order valence-electron chi connectivity index (χ3n) is 6.76. The maximum Gasteiger partial charge on any atom is 0.410 e. The van der Waals surface area contributed by atoms with Crippen LogP contribution in [0, 0.1) is 0 Å². The van der Waals surface area contributed by atoms with Crippen molar-refractivity contribution >= 4 is 29.7 Å². The van der Waals surface area contributed by atoms with E-state index in [9.17, 15) is 19.2 Å². The second kappa shape index (κ2) is 15.9. The second-order valence-corrected chi connectivity index (χ2v) is 10.00. The van der Waals surface area contributed by atoms with E-state index in [0.717, 1.165) is 16.1 Å². The molecule has 1 aliphatic heterocycles. The Hall–Kier alpha value is -4.97. The Balaban J connectivity index is 1.35. The fraction of sp³-hybridized carbons (Fsp3) is 0.323. The zero-order chi connectivity index (χ0) is 30.4. The number of nitrogens with zero attached hydrogens (tertiary/aromatic N) is 3. The first-order valence-corrected chi connectivity index (χ1v) is 14.0. The van der Waals surface area contributed by atoms with E-state index < -0.39 is 36.6 Å². The lowest BCUT2D eigenvalue weighted by Gasteiger charge is -2.24. The molecule has 4 rings (SSSR count). The van der Waals surface area contributed by atoms with E-state index in [1.54, 1.807) is 41.4 Å². The van der Waals surface area contributed by atoms with E-state index in [1.165, 1.54) is 0 Å². The van der Waals surface area contributed by atoms with Crippen molar-refractivity contribution in [3.63, 3.8) is 0 Å². The predicted molar refractivity (Wildman–Crippen MR) is 156 cm³/mol. The Bertz CT molecular complexity index is 1340. The number of ether oxygens (including phenoxy) is 2. The van der Waals surface area contributed by atoms with Crippen LogP contribution in [0.15, 0.2) is 85.1 Å². The van der Waals surface area contributed by atoms with Crippen LogP contribution >= 0.6 is 0 Å². The zero-order valence-electron chi connectivity index (χ0n) is 23.6. The number of carbonyl (C=O) groups excluding carboxylic acids is 3. The highest BCUT2D eigenvalue weighted by Crippen LogP contribution is 2.23. The highest BCUT2D eigenvalue weighted by atomic mass is 16.6. The normalized spacial score (nSPS) is 15.9. The fourth-order valence-corrected chi connectivity index (χ4v) is 4.59. The number of carbonyl (C=O) groups is 4. The third-order valence-corrected chi connectivity index (χ3v) is 6.76. The third kappa shape index (κ3) is 10.1. The summed E-state index contributed by atoms with van der Waals surface area (Å²) in [6.07, 6.45) is 0.739. The van der Waals surface area contributed by atoms with Gasteiger partial charge in [0.1, 0.15) is 19.0 Å². The van der Waals surface area contributed by atoms with Crippen LogP contribution in [0.25, 0.3) is 0 Å². The lowest BCUT2D eigenvalue weighted by Crippen LogP contribution is -2.49. The number of aliphatic carboxylic acids is 1. The van der Waals surface area contributed by atoms with Gasteiger partial charge >= 0.3 is 12.1 Å². The lowest BCUT2D eigenvalue weighted by molar-refractivity contribution is -0.148. The molecule has 1 aromatic heterocycles. The summed E-state index contributed by atoms with van der Waals surface area (Å²) in [5.74, 6) is -1.52. The highest BCUT2D eigenvalue weighted by molar-refractivity contribution is 5.84. The maximum absolute atomic E-state index is 13.1. The average molecular weight is 590 g/mol. The summed E-state index contributed by atoms with van der Waals surface area (Å²) in [4.78, 5) is 55.7. The SMILES string of the molecule is O=C(O)CCN(NC(=O)Cc1ccccc1)C(=O)COC1CC(CNc2ccccn2)N(C(=O)OCc2ccccc2)C1. The first kappa shape index (κ1) is 31.0. The van der Waals surface area contributed by atoms with Crippen LogP contribution in [0.1, 0.15) is 24.0 Å². The molecule has 0 spiro atoms. The van der Waals surface area contributed by atoms with Gasteiger partial charge in [0, 0.05) is 12.7 Å². The molecule has 0 aliphatic carbocycles. The van der Waals surface area contributed by atoms with Crippen molar-refractivity contribution in [1.29, 1.82) is 0 Å². The number of likely N-dealkylation sites (tertiary alicyclic amines) is 1. The number of aromatic nitrogens is 1. The predicted octanol–water partition coefficient (Wildman–Crippen LogP) is 2.87. The number of hydrazine groups is 1. The van der Waals surface area contributed by atoms with E-state index in [2.05, 4.69) is 15.7 Å². The molecule has 12 heteroatoms. The van der Waals surface area contributed by atoms with Crippen LogP contribution in [-0.2, 0) is 36.9 Å². The summed E-state index contributed by atoms with van der Waals surface area (Å²) in [6, 6.07) is 23.5. The number of carboxylic acid groups (broad SMARTS) is 1. The van der Waals surface area contributed by atoms with Crippen LogP contribution in [0.4, 0.5) is 10.6 Å². The van der Waals surface area contributed by atoms with Gasteiger partial charge in [0.05, 0.1) is 38.1 Å². The molecule has 3 amide bonds. The minimum absolute atomic E-state index is 0.0200. The quantitative estimate of drug-likeness (QED) is 0.256. The Morgan fingerprint density at radius 2 is 1.65 bits per heavy atom. The molecule has 3 aromatic rings. The number of rotatable bonds is 13. The number of hydrogen-bond acceptors (Lipinski definition) is 8.